The topological polar surface area (TPSA) is 20.2 Å². The van der Waals surface area contributed by atoms with Gasteiger partial charge in [-0.05, 0) is 49.7 Å². The van der Waals surface area contributed by atoms with Gasteiger partial charge in [-0.3, -0.25) is 0 Å². The third-order valence-electron chi connectivity index (χ3n) is 3.52. The lowest BCUT2D eigenvalue weighted by molar-refractivity contribution is 0.101. The Morgan fingerprint density at radius 2 is 2.07 bits per heavy atom. The summed E-state index contributed by atoms with van der Waals surface area (Å²) in [7, 11) is 0. The molecule has 0 aromatic heterocycles. The summed E-state index contributed by atoms with van der Waals surface area (Å²) in [6.45, 7) is 2.18. The van der Waals surface area contributed by atoms with Gasteiger partial charge in [0.15, 0.2) is 0 Å². The highest BCUT2D eigenvalue weighted by Gasteiger charge is 2.20. The van der Waals surface area contributed by atoms with Gasteiger partial charge in [0, 0.05) is 0 Å². The molecule has 1 aliphatic rings. The predicted octanol–water partition coefficient (Wildman–Crippen LogP) is 3.09. The molecule has 82 valence electrons. The number of aliphatic hydroxyl groups is 1. The average molecular weight is 204 g/mol. The van der Waals surface area contributed by atoms with E-state index in [2.05, 4.69) is 31.2 Å². The van der Waals surface area contributed by atoms with Crippen molar-refractivity contribution in [1.29, 1.82) is 0 Å². The van der Waals surface area contributed by atoms with E-state index in [1.807, 2.05) is 0 Å². The Kier molecular flexibility index (Phi) is 3.42. The number of benzene rings is 1. The van der Waals surface area contributed by atoms with Crippen molar-refractivity contribution in [2.45, 2.75) is 45.1 Å². The summed E-state index contributed by atoms with van der Waals surface area (Å²) in [6.07, 6.45) is 5.57. The summed E-state index contributed by atoms with van der Waals surface area (Å²) >= 11 is 0. The SMILES string of the molecule is Cc1ccccc1CC1CCCC(O)C1. The van der Waals surface area contributed by atoms with Crippen molar-refractivity contribution in [3.63, 3.8) is 0 Å². The molecule has 1 heteroatoms. The maximum atomic E-state index is 9.63. The molecule has 0 spiro atoms. The van der Waals surface area contributed by atoms with Gasteiger partial charge in [-0.25, -0.2) is 0 Å². The summed E-state index contributed by atoms with van der Waals surface area (Å²) in [4.78, 5) is 0. The van der Waals surface area contributed by atoms with Gasteiger partial charge in [0.2, 0.25) is 0 Å². The average Bonchev–Trinajstić information content (AvgIpc) is 2.22. The summed E-state index contributed by atoms with van der Waals surface area (Å²) in [5, 5.41) is 9.63. The molecule has 0 saturated heterocycles. The second kappa shape index (κ2) is 4.80. The van der Waals surface area contributed by atoms with Gasteiger partial charge in [-0.1, -0.05) is 30.7 Å². The monoisotopic (exact) mass is 204 g/mol. The van der Waals surface area contributed by atoms with Crippen LogP contribution < -0.4 is 0 Å². The largest absolute Gasteiger partial charge is 0.393 e. The lowest BCUT2D eigenvalue weighted by atomic mass is 9.82. The Labute approximate surface area is 92.1 Å². The predicted molar refractivity (Wildman–Crippen MR) is 62.8 cm³/mol. The smallest absolute Gasteiger partial charge is 0.0543 e. The van der Waals surface area contributed by atoms with E-state index in [1.54, 1.807) is 0 Å². The third kappa shape index (κ3) is 2.82. The van der Waals surface area contributed by atoms with Gasteiger partial charge in [0.25, 0.3) is 0 Å². The van der Waals surface area contributed by atoms with Crippen molar-refractivity contribution < 1.29 is 5.11 Å². The van der Waals surface area contributed by atoms with E-state index < -0.39 is 0 Å². The van der Waals surface area contributed by atoms with Crippen molar-refractivity contribution in [2.75, 3.05) is 0 Å². The molecule has 1 fully saturated rings. The van der Waals surface area contributed by atoms with E-state index in [4.69, 9.17) is 0 Å². The van der Waals surface area contributed by atoms with Crippen LogP contribution in [0.3, 0.4) is 0 Å². The highest BCUT2D eigenvalue weighted by molar-refractivity contribution is 5.25. The lowest BCUT2D eigenvalue weighted by Gasteiger charge is -2.26. The Morgan fingerprint density at radius 1 is 1.27 bits per heavy atom. The molecule has 15 heavy (non-hydrogen) atoms. The molecule has 1 N–H and O–H groups in total. The van der Waals surface area contributed by atoms with Crippen LogP contribution in [0.25, 0.3) is 0 Å². The molecule has 1 nitrogen and oxygen atoms in total. The summed E-state index contributed by atoms with van der Waals surface area (Å²) in [6, 6.07) is 8.60. The van der Waals surface area contributed by atoms with Crippen molar-refractivity contribution in [2.24, 2.45) is 5.92 Å². The van der Waals surface area contributed by atoms with Crippen molar-refractivity contribution >= 4 is 0 Å². The van der Waals surface area contributed by atoms with Gasteiger partial charge in [-0.15, -0.1) is 0 Å². The van der Waals surface area contributed by atoms with Crippen LogP contribution in [0.15, 0.2) is 24.3 Å². The minimum Gasteiger partial charge on any atom is -0.393 e. The van der Waals surface area contributed by atoms with Crippen LogP contribution in [-0.4, -0.2) is 11.2 Å². The zero-order chi connectivity index (χ0) is 10.7. The molecule has 0 aliphatic heterocycles. The van der Waals surface area contributed by atoms with Crippen LogP contribution in [0.1, 0.15) is 36.8 Å². The molecule has 0 radical (unpaired) electrons. The van der Waals surface area contributed by atoms with Crippen LogP contribution in [0.5, 0.6) is 0 Å². The second-order valence-corrected chi connectivity index (χ2v) is 4.82. The maximum absolute atomic E-state index is 9.63. The van der Waals surface area contributed by atoms with Crippen LogP contribution in [0.4, 0.5) is 0 Å². The first kappa shape index (κ1) is 10.7. The molecule has 2 unspecified atom stereocenters. The first-order valence-corrected chi connectivity index (χ1v) is 5.98. The standard InChI is InChI=1S/C14H20O/c1-11-5-2-3-7-13(11)9-12-6-4-8-14(15)10-12/h2-3,5,7,12,14-15H,4,6,8-10H2,1H3. The molecule has 1 saturated carbocycles. The quantitative estimate of drug-likeness (QED) is 0.785. The Bertz CT molecular complexity index is 319. The molecule has 2 atom stereocenters. The minimum atomic E-state index is -0.0484. The van der Waals surface area contributed by atoms with Gasteiger partial charge in [-0.2, -0.15) is 0 Å². The first-order valence-electron chi connectivity index (χ1n) is 5.98. The van der Waals surface area contributed by atoms with E-state index in [0.717, 1.165) is 19.3 Å². The molecule has 1 aliphatic carbocycles. The minimum absolute atomic E-state index is 0.0484. The van der Waals surface area contributed by atoms with Gasteiger partial charge in [0.05, 0.1) is 6.10 Å². The van der Waals surface area contributed by atoms with Gasteiger partial charge < -0.3 is 5.11 Å². The molecule has 2 rings (SSSR count). The normalized spacial score (nSPS) is 26.5. The number of aryl methyl sites for hydroxylation is 1. The molecule has 0 bridgehead atoms. The highest BCUT2D eigenvalue weighted by Crippen LogP contribution is 2.27. The first-order chi connectivity index (χ1) is 7.25. The van der Waals surface area contributed by atoms with Crippen molar-refractivity contribution in [3.05, 3.63) is 35.4 Å². The summed E-state index contributed by atoms with van der Waals surface area (Å²) < 4.78 is 0. The number of hydrogen-bond acceptors (Lipinski definition) is 1. The molecule has 1 aromatic carbocycles. The van der Waals surface area contributed by atoms with Crippen LogP contribution in [0.2, 0.25) is 0 Å². The number of aliphatic hydroxyl groups excluding tert-OH is 1. The van der Waals surface area contributed by atoms with E-state index in [-0.39, 0.29) is 6.10 Å². The van der Waals surface area contributed by atoms with Gasteiger partial charge in [0.1, 0.15) is 0 Å². The van der Waals surface area contributed by atoms with E-state index >= 15 is 0 Å². The van der Waals surface area contributed by atoms with E-state index in [1.165, 1.54) is 24.0 Å². The molecule has 1 aromatic rings. The fraction of sp³-hybridized carbons (Fsp3) is 0.571. The fourth-order valence-electron chi connectivity index (χ4n) is 2.60. The molecule has 0 heterocycles. The Balaban J connectivity index is 1.99. The van der Waals surface area contributed by atoms with Crippen molar-refractivity contribution in [3.8, 4) is 0 Å². The molecular weight excluding hydrogens is 184 g/mol. The van der Waals surface area contributed by atoms with Crippen LogP contribution in [-0.2, 0) is 6.42 Å². The lowest BCUT2D eigenvalue weighted by Crippen LogP contribution is -2.21. The highest BCUT2D eigenvalue weighted by atomic mass is 16.3. The van der Waals surface area contributed by atoms with E-state index in [9.17, 15) is 5.11 Å². The number of rotatable bonds is 2. The van der Waals surface area contributed by atoms with Crippen LogP contribution >= 0.6 is 0 Å². The zero-order valence-electron chi connectivity index (χ0n) is 9.45. The fourth-order valence-corrected chi connectivity index (χ4v) is 2.60. The second-order valence-electron chi connectivity index (χ2n) is 4.82. The summed E-state index contributed by atoms with van der Waals surface area (Å²) in [5.41, 5.74) is 2.84. The summed E-state index contributed by atoms with van der Waals surface area (Å²) in [5.74, 6) is 0.690. The number of hydrogen-bond donors (Lipinski definition) is 1. The maximum Gasteiger partial charge on any atom is 0.0543 e. The zero-order valence-corrected chi connectivity index (χ0v) is 9.45. The molecule has 0 amide bonds. The third-order valence-corrected chi connectivity index (χ3v) is 3.52. The Morgan fingerprint density at radius 3 is 2.80 bits per heavy atom. The van der Waals surface area contributed by atoms with E-state index in [0.29, 0.717) is 5.92 Å². The van der Waals surface area contributed by atoms with Crippen LogP contribution in [0, 0.1) is 12.8 Å². The molecular formula is C14H20O. The van der Waals surface area contributed by atoms with Gasteiger partial charge >= 0.3 is 0 Å². The Hall–Kier alpha value is -0.820. The van der Waals surface area contributed by atoms with Crippen molar-refractivity contribution in [1.82, 2.24) is 0 Å².